The van der Waals surface area contributed by atoms with Gasteiger partial charge < -0.3 is 4.57 Å². The van der Waals surface area contributed by atoms with Crippen LogP contribution in [0.1, 0.15) is 30.5 Å². The van der Waals surface area contributed by atoms with Gasteiger partial charge in [0.1, 0.15) is 0 Å². The molecule has 0 bridgehead atoms. The van der Waals surface area contributed by atoms with E-state index in [4.69, 9.17) is 0 Å². The highest BCUT2D eigenvalue weighted by Gasteiger charge is 2.24. The second-order valence-corrected chi connectivity index (χ2v) is 5.77. The van der Waals surface area contributed by atoms with Crippen LogP contribution in [0.15, 0.2) is 42.9 Å². The Kier molecular flexibility index (Phi) is 4.16. The second-order valence-electron chi connectivity index (χ2n) is 5.77. The van der Waals surface area contributed by atoms with E-state index in [0.29, 0.717) is 0 Å². The maximum atomic E-state index is 4.09. The first kappa shape index (κ1) is 13.4. The molecule has 0 unspecified atom stereocenters. The van der Waals surface area contributed by atoms with Crippen LogP contribution in [0.5, 0.6) is 0 Å². The third-order valence-corrected chi connectivity index (χ3v) is 4.43. The average Bonchev–Trinajstić information content (AvgIpc) is 3.08. The highest BCUT2D eigenvalue weighted by atomic mass is 15.2. The molecule has 1 saturated heterocycles. The van der Waals surface area contributed by atoms with Crippen molar-refractivity contribution in [2.75, 3.05) is 6.54 Å². The highest BCUT2D eigenvalue weighted by Crippen LogP contribution is 2.23. The van der Waals surface area contributed by atoms with Gasteiger partial charge in [-0.25, -0.2) is 0 Å². The number of hydrogen-bond donors (Lipinski definition) is 0. The van der Waals surface area contributed by atoms with Crippen molar-refractivity contribution in [3.8, 4) is 0 Å². The topological polar surface area (TPSA) is 21.1 Å². The lowest BCUT2D eigenvalue weighted by Crippen LogP contribution is -2.30. The van der Waals surface area contributed by atoms with Crippen LogP contribution >= 0.6 is 0 Å². The molecule has 0 aromatic carbocycles. The molecular weight excluding hydrogens is 246 g/mol. The standard InChI is InChI=1S/C17H23N3/c1-19-12-2-5-17(19)14-20-13-3-4-16(20)7-6-15-8-10-18-11-9-15/h2,5,8-12,16H,3-4,6-7,13-14H2,1H3/t16-/m1/s1. The summed E-state index contributed by atoms with van der Waals surface area (Å²) in [5.74, 6) is 0. The molecule has 0 N–H and O–H groups in total. The predicted octanol–water partition coefficient (Wildman–Crippen LogP) is 3.02. The molecular formula is C17H23N3. The zero-order valence-electron chi connectivity index (χ0n) is 12.2. The van der Waals surface area contributed by atoms with E-state index in [0.717, 1.165) is 19.0 Å². The maximum Gasteiger partial charge on any atom is 0.0389 e. The monoisotopic (exact) mass is 269 g/mol. The van der Waals surface area contributed by atoms with Crippen LogP contribution in [0.3, 0.4) is 0 Å². The molecule has 0 saturated carbocycles. The molecule has 1 atom stereocenters. The van der Waals surface area contributed by atoms with Gasteiger partial charge in [-0.05, 0) is 62.1 Å². The Morgan fingerprint density at radius 2 is 2.10 bits per heavy atom. The van der Waals surface area contributed by atoms with Crippen LogP contribution in [0.2, 0.25) is 0 Å². The van der Waals surface area contributed by atoms with Crippen LogP contribution in [0, 0.1) is 0 Å². The molecule has 0 amide bonds. The molecule has 1 aliphatic rings. The van der Waals surface area contributed by atoms with Crippen molar-refractivity contribution in [1.29, 1.82) is 0 Å². The Balaban J connectivity index is 1.57. The summed E-state index contributed by atoms with van der Waals surface area (Å²) in [5.41, 5.74) is 2.83. The van der Waals surface area contributed by atoms with Crippen LogP contribution in [-0.2, 0) is 20.0 Å². The van der Waals surface area contributed by atoms with E-state index in [1.54, 1.807) is 0 Å². The van der Waals surface area contributed by atoms with E-state index in [2.05, 4.69) is 52.0 Å². The molecule has 1 fully saturated rings. The first-order valence-electron chi connectivity index (χ1n) is 7.56. The summed E-state index contributed by atoms with van der Waals surface area (Å²) in [6, 6.07) is 9.38. The molecule has 2 aromatic rings. The predicted molar refractivity (Wildman–Crippen MR) is 81.4 cm³/mol. The number of pyridine rings is 1. The van der Waals surface area contributed by atoms with Gasteiger partial charge in [0.05, 0.1) is 0 Å². The van der Waals surface area contributed by atoms with Crippen molar-refractivity contribution in [2.24, 2.45) is 7.05 Å². The number of rotatable bonds is 5. The van der Waals surface area contributed by atoms with Gasteiger partial charge in [0.15, 0.2) is 0 Å². The molecule has 20 heavy (non-hydrogen) atoms. The van der Waals surface area contributed by atoms with Crippen molar-refractivity contribution in [2.45, 2.75) is 38.3 Å². The lowest BCUT2D eigenvalue weighted by molar-refractivity contribution is 0.230. The lowest BCUT2D eigenvalue weighted by atomic mass is 10.0. The van der Waals surface area contributed by atoms with Gasteiger partial charge in [0, 0.05) is 43.9 Å². The van der Waals surface area contributed by atoms with Crippen molar-refractivity contribution < 1.29 is 0 Å². The molecule has 0 aliphatic carbocycles. The van der Waals surface area contributed by atoms with E-state index in [1.165, 1.54) is 37.1 Å². The molecule has 1 aliphatic heterocycles. The Labute approximate surface area is 121 Å². The van der Waals surface area contributed by atoms with Gasteiger partial charge in [-0.2, -0.15) is 0 Å². The normalized spacial score (nSPS) is 19.6. The van der Waals surface area contributed by atoms with Gasteiger partial charge in [-0.1, -0.05) is 0 Å². The van der Waals surface area contributed by atoms with Gasteiger partial charge in [-0.3, -0.25) is 9.88 Å². The summed E-state index contributed by atoms with van der Waals surface area (Å²) in [4.78, 5) is 6.74. The third kappa shape index (κ3) is 3.10. The minimum Gasteiger partial charge on any atom is -0.353 e. The summed E-state index contributed by atoms with van der Waals surface area (Å²) in [5, 5.41) is 0. The Morgan fingerprint density at radius 3 is 2.85 bits per heavy atom. The summed E-state index contributed by atoms with van der Waals surface area (Å²) in [7, 11) is 2.14. The average molecular weight is 269 g/mol. The summed E-state index contributed by atoms with van der Waals surface area (Å²) < 4.78 is 2.23. The molecule has 2 aromatic heterocycles. The summed E-state index contributed by atoms with van der Waals surface area (Å²) in [6.07, 6.45) is 11.0. The minimum absolute atomic E-state index is 0.734. The highest BCUT2D eigenvalue weighted by molar-refractivity contribution is 5.10. The molecule has 106 valence electrons. The van der Waals surface area contributed by atoms with Crippen LogP contribution in [0.25, 0.3) is 0 Å². The smallest absolute Gasteiger partial charge is 0.0389 e. The number of likely N-dealkylation sites (tertiary alicyclic amines) is 1. The summed E-state index contributed by atoms with van der Waals surface area (Å²) in [6.45, 7) is 2.33. The van der Waals surface area contributed by atoms with Crippen molar-refractivity contribution >= 4 is 0 Å². The number of nitrogens with zero attached hydrogens (tertiary/aromatic N) is 3. The van der Waals surface area contributed by atoms with Crippen LogP contribution in [0.4, 0.5) is 0 Å². The Bertz CT molecular complexity index is 532. The van der Waals surface area contributed by atoms with Crippen molar-refractivity contribution in [3.63, 3.8) is 0 Å². The molecule has 3 heterocycles. The van der Waals surface area contributed by atoms with E-state index in [-0.39, 0.29) is 0 Å². The second kappa shape index (κ2) is 6.23. The van der Waals surface area contributed by atoms with E-state index >= 15 is 0 Å². The quantitative estimate of drug-likeness (QED) is 0.832. The molecule has 3 rings (SSSR count). The fourth-order valence-corrected chi connectivity index (χ4v) is 3.18. The summed E-state index contributed by atoms with van der Waals surface area (Å²) >= 11 is 0. The minimum atomic E-state index is 0.734. The van der Waals surface area contributed by atoms with Crippen LogP contribution in [-0.4, -0.2) is 27.0 Å². The van der Waals surface area contributed by atoms with Gasteiger partial charge in [0.2, 0.25) is 0 Å². The molecule has 3 nitrogen and oxygen atoms in total. The maximum absolute atomic E-state index is 4.09. The first-order chi connectivity index (χ1) is 9.83. The Hall–Kier alpha value is -1.61. The molecule has 3 heteroatoms. The van der Waals surface area contributed by atoms with Crippen LogP contribution < -0.4 is 0 Å². The number of hydrogen-bond acceptors (Lipinski definition) is 2. The fourth-order valence-electron chi connectivity index (χ4n) is 3.18. The van der Waals surface area contributed by atoms with Gasteiger partial charge >= 0.3 is 0 Å². The van der Waals surface area contributed by atoms with E-state index < -0.39 is 0 Å². The van der Waals surface area contributed by atoms with Gasteiger partial charge in [0.25, 0.3) is 0 Å². The van der Waals surface area contributed by atoms with Crippen molar-refractivity contribution in [1.82, 2.24) is 14.5 Å². The van der Waals surface area contributed by atoms with Gasteiger partial charge in [-0.15, -0.1) is 0 Å². The van der Waals surface area contributed by atoms with E-state index in [1.807, 2.05) is 12.4 Å². The number of aryl methyl sites for hydroxylation is 2. The number of aromatic nitrogens is 2. The molecule has 0 radical (unpaired) electrons. The SMILES string of the molecule is Cn1cccc1CN1CCC[C@@H]1CCc1ccncc1. The zero-order valence-corrected chi connectivity index (χ0v) is 12.2. The van der Waals surface area contributed by atoms with E-state index in [9.17, 15) is 0 Å². The largest absolute Gasteiger partial charge is 0.353 e. The third-order valence-electron chi connectivity index (χ3n) is 4.43. The Morgan fingerprint density at radius 1 is 1.25 bits per heavy atom. The zero-order chi connectivity index (χ0) is 13.8. The lowest BCUT2D eigenvalue weighted by Gasteiger charge is -2.24. The van der Waals surface area contributed by atoms with Crippen molar-refractivity contribution in [3.05, 3.63) is 54.1 Å². The molecule has 0 spiro atoms. The first-order valence-corrected chi connectivity index (χ1v) is 7.56. The fraction of sp³-hybridized carbons (Fsp3) is 0.471.